The van der Waals surface area contributed by atoms with Crippen LogP contribution in [0, 0.1) is 25.7 Å². The van der Waals surface area contributed by atoms with Crippen LogP contribution in [-0.4, -0.2) is 22.6 Å². The molecule has 0 saturated heterocycles. The maximum atomic E-state index is 12.2. The standard InChI is InChI=1S/C12H20N4O/c1-7-11(8(2)16-15-7)14-12(17)10-5-3-4-9(10)6-13/h9-10H,3-6,13H2,1-2H3,(H,14,17)(H,15,16)/t9-,10-/m1/s1. The molecule has 0 radical (unpaired) electrons. The Balaban J connectivity index is 2.07. The van der Waals surface area contributed by atoms with Crippen molar-refractivity contribution in [3.05, 3.63) is 11.4 Å². The minimum Gasteiger partial charge on any atom is -0.330 e. The van der Waals surface area contributed by atoms with Crippen molar-refractivity contribution in [2.24, 2.45) is 17.6 Å². The molecule has 0 bridgehead atoms. The highest BCUT2D eigenvalue weighted by atomic mass is 16.1. The number of amides is 1. The fraction of sp³-hybridized carbons (Fsp3) is 0.667. The second kappa shape index (κ2) is 4.87. The third-order valence-electron chi connectivity index (χ3n) is 3.67. The first kappa shape index (κ1) is 12.1. The summed E-state index contributed by atoms with van der Waals surface area (Å²) in [6.45, 7) is 4.39. The minimum atomic E-state index is 0.0636. The van der Waals surface area contributed by atoms with Crippen LogP contribution < -0.4 is 11.1 Å². The Hall–Kier alpha value is -1.36. The van der Waals surface area contributed by atoms with Crippen molar-refractivity contribution < 1.29 is 4.79 Å². The predicted molar refractivity (Wildman–Crippen MR) is 66.6 cm³/mol. The Morgan fingerprint density at radius 1 is 1.53 bits per heavy atom. The topological polar surface area (TPSA) is 83.8 Å². The molecule has 2 atom stereocenters. The number of aryl methyl sites for hydroxylation is 2. The monoisotopic (exact) mass is 236 g/mol. The normalized spacial score (nSPS) is 23.9. The summed E-state index contributed by atoms with van der Waals surface area (Å²) in [7, 11) is 0. The van der Waals surface area contributed by atoms with Gasteiger partial charge >= 0.3 is 0 Å². The van der Waals surface area contributed by atoms with Gasteiger partial charge in [0.15, 0.2) is 0 Å². The number of aromatic amines is 1. The van der Waals surface area contributed by atoms with Gasteiger partial charge in [-0.1, -0.05) is 6.42 Å². The number of nitrogens with zero attached hydrogens (tertiary/aromatic N) is 1. The number of rotatable bonds is 3. The van der Waals surface area contributed by atoms with E-state index in [0.29, 0.717) is 12.5 Å². The molecule has 5 heteroatoms. The molecule has 0 unspecified atom stereocenters. The van der Waals surface area contributed by atoms with Gasteiger partial charge in [-0.2, -0.15) is 5.10 Å². The van der Waals surface area contributed by atoms with Gasteiger partial charge in [-0.05, 0) is 39.2 Å². The van der Waals surface area contributed by atoms with E-state index in [-0.39, 0.29) is 11.8 Å². The lowest BCUT2D eigenvalue weighted by atomic mass is 9.95. The highest BCUT2D eigenvalue weighted by Gasteiger charge is 2.32. The van der Waals surface area contributed by atoms with Crippen molar-refractivity contribution in [3.63, 3.8) is 0 Å². The van der Waals surface area contributed by atoms with E-state index in [0.717, 1.165) is 36.3 Å². The zero-order chi connectivity index (χ0) is 12.4. The number of aromatic nitrogens is 2. The molecule has 1 amide bonds. The molecule has 4 N–H and O–H groups in total. The van der Waals surface area contributed by atoms with Gasteiger partial charge in [-0.3, -0.25) is 9.89 Å². The van der Waals surface area contributed by atoms with E-state index in [1.165, 1.54) is 0 Å². The molecule has 5 nitrogen and oxygen atoms in total. The average Bonchev–Trinajstić information content (AvgIpc) is 2.90. The lowest BCUT2D eigenvalue weighted by molar-refractivity contribution is -0.120. The summed E-state index contributed by atoms with van der Waals surface area (Å²) in [4.78, 5) is 12.2. The fourth-order valence-electron chi connectivity index (χ4n) is 2.62. The van der Waals surface area contributed by atoms with E-state index in [1.807, 2.05) is 13.8 Å². The quantitative estimate of drug-likeness (QED) is 0.740. The Labute approximate surface area is 101 Å². The molecule has 94 valence electrons. The highest BCUT2D eigenvalue weighted by molar-refractivity contribution is 5.93. The molecular weight excluding hydrogens is 216 g/mol. The van der Waals surface area contributed by atoms with E-state index in [1.54, 1.807) is 0 Å². The van der Waals surface area contributed by atoms with Gasteiger partial charge in [0.25, 0.3) is 0 Å². The van der Waals surface area contributed by atoms with Crippen molar-refractivity contribution >= 4 is 11.6 Å². The van der Waals surface area contributed by atoms with Crippen molar-refractivity contribution in [1.29, 1.82) is 0 Å². The number of nitrogens with two attached hydrogens (primary N) is 1. The van der Waals surface area contributed by atoms with E-state index in [2.05, 4.69) is 15.5 Å². The first-order valence-electron chi connectivity index (χ1n) is 6.16. The van der Waals surface area contributed by atoms with E-state index < -0.39 is 0 Å². The van der Waals surface area contributed by atoms with Gasteiger partial charge in [0.05, 0.1) is 17.1 Å². The van der Waals surface area contributed by atoms with Crippen LogP contribution in [0.4, 0.5) is 5.69 Å². The third-order valence-corrected chi connectivity index (χ3v) is 3.67. The molecule has 1 aliphatic carbocycles. The molecule has 2 rings (SSSR count). The molecule has 1 aromatic rings. The Bertz CT molecular complexity index is 393. The van der Waals surface area contributed by atoms with Crippen LogP contribution in [0.1, 0.15) is 30.7 Å². The van der Waals surface area contributed by atoms with Gasteiger partial charge in [0.1, 0.15) is 0 Å². The SMILES string of the molecule is Cc1n[nH]c(C)c1NC(=O)[C@@H]1CCC[C@@H]1CN. The molecule has 1 aliphatic rings. The van der Waals surface area contributed by atoms with E-state index >= 15 is 0 Å². The van der Waals surface area contributed by atoms with Crippen LogP contribution in [0.2, 0.25) is 0 Å². The predicted octanol–water partition coefficient (Wildman–Crippen LogP) is 1.34. The average molecular weight is 236 g/mol. The maximum absolute atomic E-state index is 12.2. The number of hydrogen-bond acceptors (Lipinski definition) is 3. The summed E-state index contributed by atoms with van der Waals surface area (Å²) in [6.07, 6.45) is 3.12. The van der Waals surface area contributed by atoms with Gasteiger partial charge in [0, 0.05) is 5.92 Å². The highest BCUT2D eigenvalue weighted by Crippen LogP contribution is 2.32. The number of carbonyl (C=O) groups excluding carboxylic acids is 1. The maximum Gasteiger partial charge on any atom is 0.227 e. The van der Waals surface area contributed by atoms with Crippen molar-refractivity contribution in [2.75, 3.05) is 11.9 Å². The van der Waals surface area contributed by atoms with Crippen LogP contribution >= 0.6 is 0 Å². The number of carbonyl (C=O) groups is 1. The summed E-state index contributed by atoms with van der Waals surface area (Å²) in [5, 5.41) is 9.92. The first-order chi connectivity index (χ1) is 8.13. The smallest absolute Gasteiger partial charge is 0.227 e. The van der Waals surface area contributed by atoms with Crippen LogP contribution in [-0.2, 0) is 4.79 Å². The molecule has 1 aromatic heterocycles. The number of anilines is 1. The van der Waals surface area contributed by atoms with Crippen molar-refractivity contribution in [2.45, 2.75) is 33.1 Å². The largest absolute Gasteiger partial charge is 0.330 e. The van der Waals surface area contributed by atoms with Gasteiger partial charge in [-0.25, -0.2) is 0 Å². The summed E-state index contributed by atoms with van der Waals surface area (Å²) < 4.78 is 0. The number of H-pyrrole nitrogens is 1. The van der Waals surface area contributed by atoms with Crippen LogP contribution in [0.15, 0.2) is 0 Å². The molecule has 1 fully saturated rings. The van der Waals surface area contributed by atoms with E-state index in [9.17, 15) is 4.79 Å². The second-order valence-electron chi connectivity index (χ2n) is 4.83. The third kappa shape index (κ3) is 2.34. The summed E-state index contributed by atoms with van der Waals surface area (Å²) >= 11 is 0. The molecule has 0 aromatic carbocycles. The Kier molecular flexibility index (Phi) is 3.47. The summed E-state index contributed by atoms with van der Waals surface area (Å²) in [6, 6.07) is 0. The molecular formula is C12H20N4O. The van der Waals surface area contributed by atoms with Gasteiger partial charge < -0.3 is 11.1 Å². The number of hydrogen-bond donors (Lipinski definition) is 3. The second-order valence-corrected chi connectivity index (χ2v) is 4.83. The molecule has 0 spiro atoms. The minimum absolute atomic E-state index is 0.0636. The fourth-order valence-corrected chi connectivity index (χ4v) is 2.62. The molecule has 0 aliphatic heterocycles. The van der Waals surface area contributed by atoms with Gasteiger partial charge in [-0.15, -0.1) is 0 Å². The van der Waals surface area contributed by atoms with E-state index in [4.69, 9.17) is 5.73 Å². The van der Waals surface area contributed by atoms with Crippen LogP contribution in [0.5, 0.6) is 0 Å². The van der Waals surface area contributed by atoms with Crippen LogP contribution in [0.3, 0.4) is 0 Å². The zero-order valence-electron chi connectivity index (χ0n) is 10.4. The zero-order valence-corrected chi connectivity index (χ0v) is 10.4. The summed E-state index contributed by atoms with van der Waals surface area (Å²) in [5.74, 6) is 0.488. The Morgan fingerprint density at radius 2 is 2.29 bits per heavy atom. The van der Waals surface area contributed by atoms with Gasteiger partial charge in [0.2, 0.25) is 5.91 Å². The van der Waals surface area contributed by atoms with Crippen molar-refractivity contribution in [1.82, 2.24) is 10.2 Å². The van der Waals surface area contributed by atoms with Crippen LogP contribution in [0.25, 0.3) is 0 Å². The number of nitrogens with one attached hydrogen (secondary N) is 2. The lowest BCUT2D eigenvalue weighted by Gasteiger charge is -2.17. The summed E-state index contributed by atoms with van der Waals surface area (Å²) in [5.41, 5.74) is 8.25. The first-order valence-corrected chi connectivity index (χ1v) is 6.16. The molecule has 1 saturated carbocycles. The molecule has 17 heavy (non-hydrogen) atoms. The molecule has 1 heterocycles. The lowest BCUT2D eigenvalue weighted by Crippen LogP contribution is -2.30. The Morgan fingerprint density at radius 3 is 2.88 bits per heavy atom. The van der Waals surface area contributed by atoms with Crippen molar-refractivity contribution in [3.8, 4) is 0 Å².